The highest BCUT2D eigenvalue weighted by Crippen LogP contribution is 2.27. The molecule has 10 nitrogen and oxygen atoms in total. The number of anilines is 2. The van der Waals surface area contributed by atoms with E-state index in [0.717, 1.165) is 0 Å². The van der Waals surface area contributed by atoms with Crippen LogP contribution >= 0.6 is 0 Å². The summed E-state index contributed by atoms with van der Waals surface area (Å²) in [5, 5.41) is 0.668. The Kier molecular flexibility index (Phi) is 7.13. The fourth-order valence-corrected chi connectivity index (χ4v) is 4.42. The van der Waals surface area contributed by atoms with Crippen LogP contribution in [0, 0.1) is 0 Å². The first-order valence-corrected chi connectivity index (χ1v) is 12.1. The lowest BCUT2D eigenvalue weighted by Gasteiger charge is -2.39. The maximum atomic E-state index is 12.4. The first-order valence-electron chi connectivity index (χ1n) is 9.29. The lowest BCUT2D eigenvalue weighted by molar-refractivity contribution is 0.203. The van der Waals surface area contributed by atoms with Crippen molar-refractivity contribution in [2.75, 3.05) is 10.9 Å². The van der Waals surface area contributed by atoms with E-state index in [1.54, 1.807) is 60.7 Å². The topological polar surface area (TPSA) is 144 Å². The lowest BCUT2D eigenvalue weighted by atomic mass is 10.2. The Hall–Kier alpha value is -3.00. The van der Waals surface area contributed by atoms with Gasteiger partial charge in [0.05, 0.1) is 18.8 Å². The quantitative estimate of drug-likeness (QED) is 0.242. The molecule has 0 fully saturated rings. The third kappa shape index (κ3) is 6.03. The minimum atomic E-state index is -5.02. The zero-order valence-electron chi connectivity index (χ0n) is 16.8. The van der Waals surface area contributed by atoms with Crippen LogP contribution < -0.4 is 10.9 Å². The number of benzene rings is 3. The molecule has 3 aromatic carbocycles. The standard InChI is InChI=1S/C20H22N4O6S2/c21-19-12-7-13-20(14-19)24(22(31(25,26)27)15-17-8-3-1-4-9-17)23(32(28,29)30)16-18-10-5-2-6-11-18/h1-14H,15-16,21H2,(H,25,26,27)(H,28,29,30). The maximum absolute atomic E-state index is 12.4. The van der Waals surface area contributed by atoms with Gasteiger partial charge in [0.15, 0.2) is 0 Å². The molecule has 0 saturated heterocycles. The molecule has 3 aromatic rings. The fraction of sp³-hybridized carbons (Fsp3) is 0.100. The summed E-state index contributed by atoms with van der Waals surface area (Å²) in [7, 11) is -10.0. The van der Waals surface area contributed by atoms with E-state index in [0.29, 0.717) is 25.1 Å². The smallest absolute Gasteiger partial charge is 0.354 e. The van der Waals surface area contributed by atoms with Gasteiger partial charge in [0, 0.05) is 5.69 Å². The van der Waals surface area contributed by atoms with Gasteiger partial charge in [0.25, 0.3) is 0 Å². The lowest BCUT2D eigenvalue weighted by Crippen LogP contribution is -2.57. The summed E-state index contributed by atoms with van der Waals surface area (Å²) < 4.78 is 70.6. The number of nitrogens with zero attached hydrogens (tertiary/aromatic N) is 3. The Morgan fingerprint density at radius 1 is 0.656 bits per heavy atom. The van der Waals surface area contributed by atoms with Crippen LogP contribution in [-0.4, -0.2) is 34.8 Å². The number of nitrogens with two attached hydrogens (primary N) is 1. The Balaban J connectivity index is 2.20. The van der Waals surface area contributed by atoms with E-state index in [2.05, 4.69) is 0 Å². The summed E-state index contributed by atoms with van der Waals surface area (Å²) in [6.07, 6.45) is 0. The average molecular weight is 479 g/mol. The van der Waals surface area contributed by atoms with E-state index in [9.17, 15) is 25.9 Å². The van der Waals surface area contributed by atoms with Gasteiger partial charge in [-0.25, -0.2) is 5.12 Å². The second-order valence-electron chi connectivity index (χ2n) is 6.77. The van der Waals surface area contributed by atoms with Crippen LogP contribution in [0.15, 0.2) is 84.9 Å². The molecule has 0 saturated carbocycles. The highest BCUT2D eigenvalue weighted by Gasteiger charge is 2.37. The van der Waals surface area contributed by atoms with Crippen molar-refractivity contribution in [2.24, 2.45) is 0 Å². The molecule has 0 aromatic heterocycles. The first kappa shape index (κ1) is 23.7. The van der Waals surface area contributed by atoms with Gasteiger partial charge in [-0.15, -0.1) is 0 Å². The maximum Gasteiger partial charge on any atom is 0.354 e. The van der Waals surface area contributed by atoms with Crippen molar-refractivity contribution in [1.29, 1.82) is 0 Å². The monoisotopic (exact) mass is 478 g/mol. The second kappa shape index (κ2) is 9.65. The molecule has 0 aliphatic carbocycles. The highest BCUT2D eigenvalue weighted by atomic mass is 32.2. The Morgan fingerprint density at radius 2 is 1.09 bits per heavy atom. The number of hydrogen-bond acceptors (Lipinski definition) is 6. The van der Waals surface area contributed by atoms with Crippen LogP contribution in [-0.2, 0) is 33.7 Å². The Morgan fingerprint density at radius 3 is 1.47 bits per heavy atom. The Labute approximate surface area is 186 Å². The molecule has 32 heavy (non-hydrogen) atoms. The highest BCUT2D eigenvalue weighted by molar-refractivity contribution is 7.84. The number of hydrogen-bond donors (Lipinski definition) is 3. The van der Waals surface area contributed by atoms with Crippen LogP contribution in [0.1, 0.15) is 11.1 Å². The summed E-state index contributed by atoms with van der Waals surface area (Å²) in [5.41, 5.74) is 6.92. The van der Waals surface area contributed by atoms with Gasteiger partial charge in [-0.05, 0) is 29.3 Å². The molecule has 170 valence electrons. The molecule has 0 aliphatic heterocycles. The van der Waals surface area contributed by atoms with Gasteiger partial charge in [-0.1, -0.05) is 75.6 Å². The van der Waals surface area contributed by atoms with Crippen molar-refractivity contribution in [3.05, 3.63) is 96.1 Å². The molecule has 12 heteroatoms. The molecule has 0 heterocycles. The summed E-state index contributed by atoms with van der Waals surface area (Å²) in [6.45, 7) is -0.870. The largest absolute Gasteiger partial charge is 0.399 e. The first-order chi connectivity index (χ1) is 15.1. The van der Waals surface area contributed by atoms with Crippen LogP contribution in [0.25, 0.3) is 0 Å². The van der Waals surface area contributed by atoms with Crippen LogP contribution in [0.3, 0.4) is 0 Å². The van der Waals surface area contributed by atoms with Crippen molar-refractivity contribution in [2.45, 2.75) is 13.1 Å². The minimum absolute atomic E-state index is 0.0212. The summed E-state index contributed by atoms with van der Waals surface area (Å²) in [4.78, 5) is 0. The zero-order chi connectivity index (χ0) is 23.4. The van der Waals surface area contributed by atoms with Crippen molar-refractivity contribution in [3.63, 3.8) is 0 Å². The summed E-state index contributed by atoms with van der Waals surface area (Å²) >= 11 is 0. The average Bonchev–Trinajstić information content (AvgIpc) is 2.73. The van der Waals surface area contributed by atoms with E-state index < -0.39 is 33.7 Å². The molecule has 0 amide bonds. The van der Waals surface area contributed by atoms with E-state index in [1.807, 2.05) is 0 Å². The molecule has 4 N–H and O–H groups in total. The van der Waals surface area contributed by atoms with Gasteiger partial charge < -0.3 is 5.73 Å². The van der Waals surface area contributed by atoms with Crippen LogP contribution in [0.5, 0.6) is 0 Å². The van der Waals surface area contributed by atoms with E-state index >= 15 is 0 Å². The van der Waals surface area contributed by atoms with Crippen molar-refractivity contribution in [3.8, 4) is 0 Å². The molecule has 0 bridgehead atoms. The number of nitrogen functional groups attached to an aromatic ring is 1. The zero-order valence-corrected chi connectivity index (χ0v) is 18.4. The second-order valence-corrected chi connectivity index (χ2v) is 9.41. The normalized spacial score (nSPS) is 12.2. The minimum Gasteiger partial charge on any atom is -0.399 e. The van der Waals surface area contributed by atoms with Gasteiger partial charge in [0.2, 0.25) is 0 Å². The number of hydrazine groups is 2. The van der Waals surface area contributed by atoms with Crippen molar-refractivity contribution < 1.29 is 25.9 Å². The van der Waals surface area contributed by atoms with E-state index in [4.69, 9.17) is 5.73 Å². The van der Waals surface area contributed by atoms with Gasteiger partial charge in [-0.3, -0.25) is 9.11 Å². The molecular weight excluding hydrogens is 456 g/mol. The third-order valence-electron chi connectivity index (χ3n) is 4.38. The summed E-state index contributed by atoms with van der Waals surface area (Å²) in [6, 6.07) is 22.2. The molecule has 0 aliphatic rings. The van der Waals surface area contributed by atoms with Crippen LogP contribution in [0.2, 0.25) is 0 Å². The van der Waals surface area contributed by atoms with E-state index in [-0.39, 0.29) is 11.4 Å². The fourth-order valence-electron chi connectivity index (χ4n) is 2.99. The van der Waals surface area contributed by atoms with Crippen molar-refractivity contribution in [1.82, 2.24) is 8.83 Å². The summed E-state index contributed by atoms with van der Waals surface area (Å²) in [5.74, 6) is 0. The molecule has 0 spiro atoms. The third-order valence-corrected chi connectivity index (χ3v) is 6.01. The van der Waals surface area contributed by atoms with E-state index in [1.165, 1.54) is 24.3 Å². The molecule has 0 atom stereocenters. The van der Waals surface area contributed by atoms with Crippen molar-refractivity contribution >= 4 is 32.0 Å². The molecular formula is C20H22N4O6S2. The van der Waals surface area contributed by atoms with Gasteiger partial charge in [-0.2, -0.15) is 16.8 Å². The predicted octanol–water partition coefficient (Wildman–Crippen LogP) is 2.52. The van der Waals surface area contributed by atoms with Gasteiger partial charge >= 0.3 is 20.6 Å². The van der Waals surface area contributed by atoms with Gasteiger partial charge in [0.1, 0.15) is 0 Å². The molecule has 0 unspecified atom stereocenters. The predicted molar refractivity (Wildman–Crippen MR) is 120 cm³/mol. The number of rotatable bonds is 9. The molecule has 3 rings (SSSR count). The molecule has 0 radical (unpaired) electrons. The van der Waals surface area contributed by atoms with Crippen LogP contribution in [0.4, 0.5) is 11.4 Å². The Bertz CT molecular complexity index is 1180. The SMILES string of the molecule is Nc1cccc(N(N(Cc2ccccc2)S(=O)(=O)O)N(Cc2ccccc2)S(=O)(=O)O)c1.